The summed E-state index contributed by atoms with van der Waals surface area (Å²) >= 11 is 0. The molecular weight excluding hydrogens is 418 g/mol. The number of methoxy groups -OCH3 is 1. The lowest BCUT2D eigenvalue weighted by molar-refractivity contribution is -0.105. The van der Waals surface area contributed by atoms with Gasteiger partial charge in [-0.15, -0.1) is 0 Å². The van der Waals surface area contributed by atoms with Crippen molar-refractivity contribution < 1.29 is 22.3 Å². The van der Waals surface area contributed by atoms with Gasteiger partial charge in [0.2, 0.25) is 0 Å². The highest BCUT2D eigenvalue weighted by Gasteiger charge is 2.44. The molecule has 1 aromatic carbocycles. The van der Waals surface area contributed by atoms with E-state index in [-0.39, 0.29) is 42.9 Å². The zero-order chi connectivity index (χ0) is 23.1. The normalized spacial score (nSPS) is 20.4. The lowest BCUT2D eigenvalue weighted by atomic mass is 9.75. The first-order chi connectivity index (χ1) is 15.3. The molecule has 6 heteroatoms. The van der Waals surface area contributed by atoms with E-state index in [1.165, 1.54) is 24.8 Å². The minimum Gasteiger partial charge on any atom is -0.380 e. The van der Waals surface area contributed by atoms with Gasteiger partial charge in [-0.2, -0.15) is 0 Å². The first-order valence-electron chi connectivity index (χ1n) is 11.6. The number of nitrogens with zero attached hydrogens (tertiary/aromatic N) is 1. The summed E-state index contributed by atoms with van der Waals surface area (Å²) in [4.78, 5) is 4.47. The van der Waals surface area contributed by atoms with E-state index < -0.39 is 23.5 Å². The van der Waals surface area contributed by atoms with Crippen molar-refractivity contribution in [1.29, 1.82) is 0 Å². The number of aryl methyl sites for hydroxylation is 3. The molecule has 1 saturated carbocycles. The molecule has 2 atom stereocenters. The third kappa shape index (κ3) is 6.31. The van der Waals surface area contributed by atoms with Crippen LogP contribution < -0.4 is 0 Å². The zero-order valence-corrected chi connectivity index (χ0v) is 19.0. The molecule has 0 spiro atoms. The highest BCUT2D eigenvalue weighted by molar-refractivity contribution is 5.26. The standard InChI is InChI=1S/C26H33F4NO/c1-3-4-19-7-14-23(31-16-19)13-6-18-5-11-22(26(29,30)15-18)12-10-20-8-9-21(17-32-2)25(28)24(20)27/h7-9,14,16,18,22H,3-6,10-13,15,17H2,1-2H3. The zero-order valence-electron chi connectivity index (χ0n) is 19.0. The number of ether oxygens (including phenoxy) is 1. The second-order valence-electron chi connectivity index (χ2n) is 9.04. The molecule has 1 aromatic heterocycles. The number of aromatic nitrogens is 1. The predicted octanol–water partition coefficient (Wildman–Crippen LogP) is 7.08. The number of hydrogen-bond donors (Lipinski definition) is 0. The Bertz CT molecular complexity index is 869. The van der Waals surface area contributed by atoms with Crippen molar-refractivity contribution in [2.45, 2.75) is 77.2 Å². The van der Waals surface area contributed by atoms with Gasteiger partial charge in [0.1, 0.15) is 0 Å². The van der Waals surface area contributed by atoms with E-state index in [2.05, 4.69) is 18.0 Å². The highest BCUT2D eigenvalue weighted by Crippen LogP contribution is 2.44. The fourth-order valence-electron chi connectivity index (χ4n) is 4.71. The Morgan fingerprint density at radius 3 is 2.38 bits per heavy atom. The Hall–Kier alpha value is -1.95. The van der Waals surface area contributed by atoms with Gasteiger partial charge in [-0.3, -0.25) is 4.98 Å². The molecule has 3 rings (SSSR count). The molecule has 1 fully saturated rings. The Kier molecular flexibility index (Phi) is 8.69. The predicted molar refractivity (Wildman–Crippen MR) is 118 cm³/mol. The van der Waals surface area contributed by atoms with Gasteiger partial charge in [0.05, 0.1) is 6.61 Å². The van der Waals surface area contributed by atoms with Crippen molar-refractivity contribution in [2.24, 2.45) is 11.8 Å². The van der Waals surface area contributed by atoms with Crippen LogP contribution in [-0.2, 0) is 30.6 Å². The van der Waals surface area contributed by atoms with E-state index >= 15 is 0 Å². The summed E-state index contributed by atoms with van der Waals surface area (Å²) < 4.78 is 62.9. The summed E-state index contributed by atoms with van der Waals surface area (Å²) in [6, 6.07) is 7.02. The summed E-state index contributed by atoms with van der Waals surface area (Å²) in [7, 11) is 1.41. The van der Waals surface area contributed by atoms with E-state index in [1.807, 2.05) is 12.3 Å². The van der Waals surface area contributed by atoms with Gasteiger partial charge in [0, 0.05) is 36.9 Å². The maximum Gasteiger partial charge on any atom is 0.251 e. The van der Waals surface area contributed by atoms with Crippen LogP contribution in [0.5, 0.6) is 0 Å². The van der Waals surface area contributed by atoms with Crippen molar-refractivity contribution in [3.63, 3.8) is 0 Å². The second kappa shape index (κ2) is 11.3. The fraction of sp³-hybridized carbons (Fsp3) is 0.577. The number of hydrogen-bond acceptors (Lipinski definition) is 2. The summed E-state index contributed by atoms with van der Waals surface area (Å²) in [5.74, 6) is -5.52. The number of pyridine rings is 1. The number of benzene rings is 1. The Labute approximate surface area is 188 Å². The molecule has 2 nitrogen and oxygen atoms in total. The van der Waals surface area contributed by atoms with Crippen LogP contribution in [0, 0.1) is 23.5 Å². The summed E-state index contributed by atoms with van der Waals surface area (Å²) in [6.07, 6.45) is 6.61. The van der Waals surface area contributed by atoms with E-state index in [0.29, 0.717) is 19.3 Å². The number of rotatable bonds is 10. The average molecular weight is 452 g/mol. The SMILES string of the molecule is CCCc1ccc(CCC2CCC(CCc3ccc(COC)c(F)c3F)C(F)(F)C2)nc1. The first kappa shape index (κ1) is 24.7. The van der Waals surface area contributed by atoms with Gasteiger partial charge >= 0.3 is 0 Å². The van der Waals surface area contributed by atoms with Crippen LogP contribution in [0.25, 0.3) is 0 Å². The van der Waals surface area contributed by atoms with Crippen LogP contribution in [0.15, 0.2) is 30.5 Å². The molecule has 0 radical (unpaired) electrons. The molecule has 0 amide bonds. The molecule has 2 unspecified atom stereocenters. The van der Waals surface area contributed by atoms with Crippen molar-refractivity contribution in [1.82, 2.24) is 4.98 Å². The van der Waals surface area contributed by atoms with Crippen LogP contribution in [0.2, 0.25) is 0 Å². The van der Waals surface area contributed by atoms with Crippen molar-refractivity contribution in [2.75, 3.05) is 7.11 Å². The number of halogens is 4. The van der Waals surface area contributed by atoms with Crippen molar-refractivity contribution in [3.8, 4) is 0 Å². The fourth-order valence-corrected chi connectivity index (χ4v) is 4.71. The molecule has 0 bridgehead atoms. The van der Waals surface area contributed by atoms with Gasteiger partial charge in [0.25, 0.3) is 5.92 Å². The van der Waals surface area contributed by atoms with Crippen LogP contribution in [0.3, 0.4) is 0 Å². The summed E-state index contributed by atoms with van der Waals surface area (Å²) in [6.45, 7) is 2.10. The second-order valence-corrected chi connectivity index (χ2v) is 9.04. The average Bonchev–Trinajstić information content (AvgIpc) is 2.77. The number of alkyl halides is 2. The maximum atomic E-state index is 14.8. The van der Waals surface area contributed by atoms with Gasteiger partial charge in [-0.1, -0.05) is 31.5 Å². The molecular formula is C26H33F4NO. The molecule has 1 heterocycles. The Morgan fingerprint density at radius 2 is 1.72 bits per heavy atom. The molecule has 0 saturated heterocycles. The van der Waals surface area contributed by atoms with Crippen LogP contribution in [0.1, 0.15) is 67.8 Å². The summed E-state index contributed by atoms with van der Waals surface area (Å²) in [5, 5.41) is 0. The van der Waals surface area contributed by atoms with Crippen LogP contribution in [0.4, 0.5) is 17.6 Å². The lowest BCUT2D eigenvalue weighted by Crippen LogP contribution is -2.36. The summed E-state index contributed by atoms with van der Waals surface area (Å²) in [5.41, 5.74) is 2.43. The quantitative estimate of drug-likeness (QED) is 0.360. The van der Waals surface area contributed by atoms with E-state index in [1.54, 1.807) is 0 Å². The van der Waals surface area contributed by atoms with Gasteiger partial charge in [-0.05, 0) is 68.1 Å². The maximum absolute atomic E-state index is 14.8. The van der Waals surface area contributed by atoms with Gasteiger partial charge in [-0.25, -0.2) is 17.6 Å². The van der Waals surface area contributed by atoms with Crippen molar-refractivity contribution >= 4 is 0 Å². The largest absolute Gasteiger partial charge is 0.380 e. The van der Waals surface area contributed by atoms with Crippen LogP contribution in [-0.4, -0.2) is 18.0 Å². The Morgan fingerprint density at radius 1 is 0.969 bits per heavy atom. The van der Waals surface area contributed by atoms with Gasteiger partial charge < -0.3 is 4.74 Å². The monoisotopic (exact) mass is 451 g/mol. The highest BCUT2D eigenvalue weighted by atomic mass is 19.3. The minimum absolute atomic E-state index is 0.0243. The first-order valence-corrected chi connectivity index (χ1v) is 11.6. The third-order valence-corrected chi connectivity index (χ3v) is 6.62. The third-order valence-electron chi connectivity index (χ3n) is 6.62. The molecule has 1 aliphatic rings. The molecule has 32 heavy (non-hydrogen) atoms. The van der Waals surface area contributed by atoms with E-state index in [0.717, 1.165) is 25.0 Å². The molecule has 1 aliphatic carbocycles. The van der Waals surface area contributed by atoms with Crippen LogP contribution >= 0.6 is 0 Å². The molecule has 176 valence electrons. The molecule has 2 aromatic rings. The van der Waals surface area contributed by atoms with E-state index in [9.17, 15) is 17.6 Å². The Balaban J connectivity index is 1.51. The van der Waals surface area contributed by atoms with Crippen molar-refractivity contribution in [3.05, 3.63) is 64.5 Å². The van der Waals surface area contributed by atoms with E-state index in [4.69, 9.17) is 4.74 Å². The minimum atomic E-state index is -2.79. The molecule has 0 N–H and O–H groups in total. The topological polar surface area (TPSA) is 22.1 Å². The smallest absolute Gasteiger partial charge is 0.251 e. The van der Waals surface area contributed by atoms with Gasteiger partial charge in [0.15, 0.2) is 11.6 Å². The lowest BCUT2D eigenvalue weighted by Gasteiger charge is -2.36. The molecule has 0 aliphatic heterocycles.